The van der Waals surface area contributed by atoms with Gasteiger partial charge in [-0.2, -0.15) is 0 Å². The molecule has 0 aliphatic carbocycles. The largest absolute Gasteiger partial charge is 0.310 e. The van der Waals surface area contributed by atoms with E-state index in [1.54, 1.807) is 0 Å². The molecular formula is C17H28BrN. The molecule has 0 bridgehead atoms. The second-order valence-electron chi connectivity index (χ2n) is 5.83. The van der Waals surface area contributed by atoms with E-state index in [9.17, 15) is 0 Å². The third kappa shape index (κ3) is 7.74. The van der Waals surface area contributed by atoms with E-state index >= 15 is 0 Å². The van der Waals surface area contributed by atoms with Gasteiger partial charge >= 0.3 is 0 Å². The number of halogens is 1. The van der Waals surface area contributed by atoms with Gasteiger partial charge in [-0.25, -0.2) is 0 Å². The maximum atomic E-state index is 3.60. The molecule has 1 aromatic carbocycles. The number of benzene rings is 1. The van der Waals surface area contributed by atoms with Crippen molar-refractivity contribution in [3.05, 3.63) is 34.3 Å². The number of hydrogen-bond acceptors (Lipinski definition) is 1. The summed E-state index contributed by atoms with van der Waals surface area (Å²) in [5, 5.41) is 3.60. The second kappa shape index (κ2) is 9.55. The van der Waals surface area contributed by atoms with Crippen LogP contribution in [0.3, 0.4) is 0 Å². The van der Waals surface area contributed by atoms with E-state index in [-0.39, 0.29) is 0 Å². The predicted octanol–water partition coefficient (Wildman–Crippen LogP) is 5.71. The summed E-state index contributed by atoms with van der Waals surface area (Å²) in [6.45, 7) is 7.97. The van der Waals surface area contributed by atoms with Gasteiger partial charge in [0, 0.05) is 10.5 Å². The Bertz CT molecular complexity index is 349. The van der Waals surface area contributed by atoms with E-state index in [0.717, 1.165) is 16.9 Å². The van der Waals surface area contributed by atoms with Gasteiger partial charge in [-0.3, -0.25) is 0 Å². The van der Waals surface area contributed by atoms with Crippen LogP contribution in [0.25, 0.3) is 0 Å². The fourth-order valence-corrected chi connectivity index (χ4v) is 2.66. The number of hydrogen-bond donors (Lipinski definition) is 1. The highest BCUT2D eigenvalue weighted by molar-refractivity contribution is 9.10. The molecule has 0 aliphatic rings. The topological polar surface area (TPSA) is 12.0 Å². The SMILES string of the molecule is CC(C)CCCCCCNC(C)c1cccc(Br)c1. The van der Waals surface area contributed by atoms with Gasteiger partial charge in [-0.15, -0.1) is 0 Å². The maximum Gasteiger partial charge on any atom is 0.0292 e. The summed E-state index contributed by atoms with van der Waals surface area (Å²) in [5.74, 6) is 0.856. The van der Waals surface area contributed by atoms with Crippen molar-refractivity contribution in [2.24, 2.45) is 5.92 Å². The zero-order chi connectivity index (χ0) is 14.1. The first-order valence-electron chi connectivity index (χ1n) is 7.58. The van der Waals surface area contributed by atoms with Crippen LogP contribution >= 0.6 is 15.9 Å². The minimum Gasteiger partial charge on any atom is -0.310 e. The van der Waals surface area contributed by atoms with Crippen molar-refractivity contribution >= 4 is 15.9 Å². The van der Waals surface area contributed by atoms with Crippen LogP contribution in [0.5, 0.6) is 0 Å². The molecule has 108 valence electrons. The quantitative estimate of drug-likeness (QED) is 0.573. The molecule has 0 saturated heterocycles. The Morgan fingerprint density at radius 2 is 1.79 bits per heavy atom. The van der Waals surface area contributed by atoms with Crippen LogP contribution in [0.2, 0.25) is 0 Å². The molecule has 2 heteroatoms. The van der Waals surface area contributed by atoms with Crippen molar-refractivity contribution in [3.8, 4) is 0 Å². The lowest BCUT2D eigenvalue weighted by molar-refractivity contribution is 0.498. The van der Waals surface area contributed by atoms with Crippen molar-refractivity contribution < 1.29 is 0 Å². The van der Waals surface area contributed by atoms with Gasteiger partial charge in [0.1, 0.15) is 0 Å². The molecule has 1 N–H and O–H groups in total. The monoisotopic (exact) mass is 325 g/mol. The standard InChI is InChI=1S/C17H28BrN/c1-14(2)9-6-4-5-7-12-19-15(3)16-10-8-11-17(18)13-16/h8,10-11,13-15,19H,4-7,9,12H2,1-3H3. The molecule has 1 aromatic rings. The van der Waals surface area contributed by atoms with E-state index in [1.165, 1.54) is 37.7 Å². The summed E-state index contributed by atoms with van der Waals surface area (Å²) in [7, 11) is 0. The summed E-state index contributed by atoms with van der Waals surface area (Å²) in [6.07, 6.45) is 6.78. The third-order valence-electron chi connectivity index (χ3n) is 3.51. The van der Waals surface area contributed by atoms with E-state index in [2.05, 4.69) is 66.3 Å². The summed E-state index contributed by atoms with van der Waals surface area (Å²) >= 11 is 3.52. The molecule has 0 saturated carbocycles. The average Bonchev–Trinajstić information content (AvgIpc) is 2.37. The highest BCUT2D eigenvalue weighted by Gasteiger charge is 2.04. The summed E-state index contributed by atoms with van der Waals surface area (Å²) in [6, 6.07) is 8.99. The van der Waals surface area contributed by atoms with Crippen LogP contribution in [-0.2, 0) is 0 Å². The summed E-state index contributed by atoms with van der Waals surface area (Å²) in [5.41, 5.74) is 1.36. The lowest BCUT2D eigenvalue weighted by Gasteiger charge is -2.14. The zero-order valence-corrected chi connectivity index (χ0v) is 14.2. The molecule has 1 nitrogen and oxygen atoms in total. The first-order chi connectivity index (χ1) is 9.09. The van der Waals surface area contributed by atoms with Crippen molar-refractivity contribution in [2.75, 3.05) is 6.54 Å². The molecule has 19 heavy (non-hydrogen) atoms. The minimum atomic E-state index is 0.438. The van der Waals surface area contributed by atoms with E-state index in [1.807, 2.05) is 0 Å². The number of nitrogens with one attached hydrogen (secondary N) is 1. The van der Waals surface area contributed by atoms with Crippen LogP contribution in [0.4, 0.5) is 0 Å². The third-order valence-corrected chi connectivity index (χ3v) is 4.00. The zero-order valence-electron chi connectivity index (χ0n) is 12.6. The average molecular weight is 326 g/mol. The van der Waals surface area contributed by atoms with Crippen molar-refractivity contribution in [2.45, 2.75) is 58.9 Å². The maximum absolute atomic E-state index is 3.60. The Morgan fingerprint density at radius 1 is 1.05 bits per heavy atom. The smallest absolute Gasteiger partial charge is 0.0292 e. The molecule has 0 fully saturated rings. The molecule has 0 amide bonds. The fraction of sp³-hybridized carbons (Fsp3) is 0.647. The Labute approximate surface area is 127 Å². The summed E-state index contributed by atoms with van der Waals surface area (Å²) in [4.78, 5) is 0. The Kier molecular flexibility index (Phi) is 8.40. The van der Waals surface area contributed by atoms with Crippen molar-refractivity contribution in [3.63, 3.8) is 0 Å². The van der Waals surface area contributed by atoms with Crippen LogP contribution in [-0.4, -0.2) is 6.54 Å². The predicted molar refractivity (Wildman–Crippen MR) is 88.5 cm³/mol. The summed E-state index contributed by atoms with van der Waals surface area (Å²) < 4.78 is 1.16. The molecule has 0 heterocycles. The Balaban J connectivity index is 2.09. The van der Waals surface area contributed by atoms with E-state index in [0.29, 0.717) is 6.04 Å². The highest BCUT2D eigenvalue weighted by atomic mass is 79.9. The van der Waals surface area contributed by atoms with E-state index in [4.69, 9.17) is 0 Å². The first-order valence-corrected chi connectivity index (χ1v) is 8.37. The molecular weight excluding hydrogens is 298 g/mol. The first kappa shape index (κ1) is 16.7. The number of unbranched alkanes of at least 4 members (excludes halogenated alkanes) is 3. The van der Waals surface area contributed by atoms with E-state index < -0.39 is 0 Å². The van der Waals surface area contributed by atoms with Gasteiger partial charge in [0.25, 0.3) is 0 Å². The van der Waals surface area contributed by atoms with Gasteiger partial charge in [-0.1, -0.05) is 67.6 Å². The molecule has 0 aliphatic heterocycles. The second-order valence-corrected chi connectivity index (χ2v) is 6.74. The number of rotatable bonds is 9. The lowest BCUT2D eigenvalue weighted by Crippen LogP contribution is -2.19. The highest BCUT2D eigenvalue weighted by Crippen LogP contribution is 2.17. The minimum absolute atomic E-state index is 0.438. The fourth-order valence-electron chi connectivity index (χ4n) is 2.24. The van der Waals surface area contributed by atoms with Gasteiger partial charge in [0.05, 0.1) is 0 Å². The van der Waals surface area contributed by atoms with Crippen LogP contribution in [0.1, 0.15) is 64.5 Å². The molecule has 0 aromatic heterocycles. The van der Waals surface area contributed by atoms with Gasteiger partial charge in [0.15, 0.2) is 0 Å². The van der Waals surface area contributed by atoms with Gasteiger partial charge < -0.3 is 5.32 Å². The Morgan fingerprint density at radius 3 is 2.47 bits per heavy atom. The normalized spacial score (nSPS) is 12.9. The van der Waals surface area contributed by atoms with Crippen LogP contribution in [0, 0.1) is 5.92 Å². The molecule has 1 atom stereocenters. The van der Waals surface area contributed by atoms with Crippen LogP contribution < -0.4 is 5.32 Å². The molecule has 0 spiro atoms. The molecule has 1 rings (SSSR count). The van der Waals surface area contributed by atoms with Gasteiger partial charge in [-0.05, 0) is 43.5 Å². The lowest BCUT2D eigenvalue weighted by atomic mass is 10.0. The van der Waals surface area contributed by atoms with Crippen molar-refractivity contribution in [1.82, 2.24) is 5.32 Å². The van der Waals surface area contributed by atoms with Gasteiger partial charge in [0.2, 0.25) is 0 Å². The van der Waals surface area contributed by atoms with Crippen LogP contribution in [0.15, 0.2) is 28.7 Å². The molecule has 0 radical (unpaired) electrons. The van der Waals surface area contributed by atoms with Crippen molar-refractivity contribution in [1.29, 1.82) is 0 Å². The Hall–Kier alpha value is -0.340. The molecule has 1 unspecified atom stereocenters.